The van der Waals surface area contributed by atoms with Crippen LogP contribution in [0.5, 0.6) is 0 Å². The van der Waals surface area contributed by atoms with Gasteiger partial charge in [0.2, 0.25) is 0 Å². The first-order valence-corrected chi connectivity index (χ1v) is 7.48. The third-order valence-corrected chi connectivity index (χ3v) is 3.66. The predicted molar refractivity (Wildman–Crippen MR) is 83.6 cm³/mol. The van der Waals surface area contributed by atoms with Gasteiger partial charge in [-0.2, -0.15) is 0 Å². The quantitative estimate of drug-likeness (QED) is 0.776. The minimum absolute atomic E-state index is 0.286. The van der Waals surface area contributed by atoms with Gasteiger partial charge in [-0.3, -0.25) is 4.98 Å². The second kappa shape index (κ2) is 7.98. The van der Waals surface area contributed by atoms with Crippen molar-refractivity contribution in [2.75, 3.05) is 13.2 Å². The van der Waals surface area contributed by atoms with E-state index in [-0.39, 0.29) is 6.61 Å². The van der Waals surface area contributed by atoms with E-state index < -0.39 is 0 Å². The molecule has 2 rings (SSSR count). The van der Waals surface area contributed by atoms with Crippen molar-refractivity contribution in [3.05, 3.63) is 42.1 Å². The maximum Gasteiger partial charge on any atom is 0.0702 e. The monoisotopic (exact) mass is 272 g/mol. The van der Waals surface area contributed by atoms with Gasteiger partial charge in [0.15, 0.2) is 0 Å². The number of benzene rings is 1. The van der Waals surface area contributed by atoms with Crippen molar-refractivity contribution in [1.29, 1.82) is 0 Å². The van der Waals surface area contributed by atoms with Gasteiger partial charge in [0.1, 0.15) is 0 Å². The second-order valence-corrected chi connectivity index (χ2v) is 5.33. The molecular weight excluding hydrogens is 248 g/mol. The lowest BCUT2D eigenvalue weighted by molar-refractivity contribution is 0.248. The summed E-state index contributed by atoms with van der Waals surface area (Å²) in [6, 6.07) is 10.5. The molecule has 1 aromatic heterocycles. The molecule has 0 amide bonds. The largest absolute Gasteiger partial charge is 0.396 e. The Bertz CT molecular complexity index is 521. The van der Waals surface area contributed by atoms with Crippen molar-refractivity contribution in [2.24, 2.45) is 5.92 Å². The van der Waals surface area contributed by atoms with E-state index in [1.54, 1.807) is 0 Å². The molecule has 0 aliphatic carbocycles. The Morgan fingerprint density at radius 2 is 2.15 bits per heavy atom. The zero-order valence-electron chi connectivity index (χ0n) is 12.2. The molecule has 2 aromatic rings. The zero-order chi connectivity index (χ0) is 14.2. The predicted octanol–water partition coefficient (Wildman–Crippen LogP) is 3.12. The fraction of sp³-hybridized carbons (Fsp3) is 0.471. The average Bonchev–Trinajstić information content (AvgIpc) is 2.47. The van der Waals surface area contributed by atoms with Crippen molar-refractivity contribution in [3.63, 3.8) is 0 Å². The van der Waals surface area contributed by atoms with E-state index in [1.165, 1.54) is 23.8 Å². The molecule has 20 heavy (non-hydrogen) atoms. The number of aliphatic hydroxyl groups is 1. The number of nitrogens with one attached hydrogen (secondary N) is 1. The molecule has 0 saturated heterocycles. The fourth-order valence-electron chi connectivity index (χ4n) is 2.59. The molecule has 0 aliphatic heterocycles. The van der Waals surface area contributed by atoms with Crippen LogP contribution in [0.15, 0.2) is 36.5 Å². The lowest BCUT2D eigenvalue weighted by Gasteiger charge is -2.15. The molecule has 1 unspecified atom stereocenters. The minimum atomic E-state index is 0.286. The number of pyridine rings is 1. The first-order valence-electron chi connectivity index (χ1n) is 7.48. The Morgan fingerprint density at radius 1 is 1.25 bits per heavy atom. The average molecular weight is 272 g/mol. The summed E-state index contributed by atoms with van der Waals surface area (Å²) in [4.78, 5) is 4.33. The number of aliphatic hydroxyl groups excluding tert-OH is 1. The van der Waals surface area contributed by atoms with Crippen LogP contribution in [0.1, 0.15) is 31.7 Å². The molecule has 3 nitrogen and oxygen atoms in total. The number of fused-ring (bicyclic) bond motifs is 1. The molecule has 3 heteroatoms. The van der Waals surface area contributed by atoms with Gasteiger partial charge in [-0.15, -0.1) is 0 Å². The molecule has 1 heterocycles. The second-order valence-electron chi connectivity index (χ2n) is 5.33. The summed E-state index contributed by atoms with van der Waals surface area (Å²) < 4.78 is 0. The van der Waals surface area contributed by atoms with E-state index in [9.17, 15) is 0 Å². The summed E-state index contributed by atoms with van der Waals surface area (Å²) in [5, 5.41) is 13.8. The van der Waals surface area contributed by atoms with E-state index in [0.29, 0.717) is 5.92 Å². The maximum atomic E-state index is 9.06. The molecule has 1 atom stereocenters. The highest BCUT2D eigenvalue weighted by atomic mass is 16.3. The summed E-state index contributed by atoms with van der Waals surface area (Å²) in [6.45, 7) is 4.32. The number of nitrogens with zero attached hydrogens (tertiary/aromatic N) is 1. The van der Waals surface area contributed by atoms with Gasteiger partial charge in [-0.05, 0) is 49.1 Å². The van der Waals surface area contributed by atoms with Crippen LogP contribution in [0.4, 0.5) is 0 Å². The van der Waals surface area contributed by atoms with Crippen LogP contribution in [0, 0.1) is 5.92 Å². The molecule has 0 fully saturated rings. The van der Waals surface area contributed by atoms with Gasteiger partial charge in [-0.25, -0.2) is 0 Å². The highest BCUT2D eigenvalue weighted by Gasteiger charge is 2.06. The first-order chi connectivity index (χ1) is 9.83. The summed E-state index contributed by atoms with van der Waals surface area (Å²) >= 11 is 0. The number of hydrogen-bond donors (Lipinski definition) is 2. The molecule has 108 valence electrons. The standard InChI is InChI=1S/C17H24N2O/c1-2-4-14(8-10-20)12-18-13-15-6-7-17-16(11-15)5-3-9-19-17/h3,5-7,9,11,14,18,20H,2,4,8,10,12-13H2,1H3. The van der Waals surface area contributed by atoms with Crippen LogP contribution in [0.2, 0.25) is 0 Å². The Kier molecular flexibility index (Phi) is 5.96. The van der Waals surface area contributed by atoms with Gasteiger partial charge in [0.05, 0.1) is 5.52 Å². The van der Waals surface area contributed by atoms with Crippen LogP contribution in [0.3, 0.4) is 0 Å². The molecule has 2 N–H and O–H groups in total. The van der Waals surface area contributed by atoms with Crippen molar-refractivity contribution in [3.8, 4) is 0 Å². The smallest absolute Gasteiger partial charge is 0.0702 e. The van der Waals surface area contributed by atoms with Crippen LogP contribution in [-0.2, 0) is 6.54 Å². The van der Waals surface area contributed by atoms with Gasteiger partial charge in [0.25, 0.3) is 0 Å². The normalized spacial score (nSPS) is 12.7. The lowest BCUT2D eigenvalue weighted by atomic mass is 10.00. The first kappa shape index (κ1) is 14.9. The van der Waals surface area contributed by atoms with Crippen molar-refractivity contribution >= 4 is 10.9 Å². The third-order valence-electron chi connectivity index (χ3n) is 3.66. The summed E-state index contributed by atoms with van der Waals surface area (Å²) in [6.07, 6.45) is 5.07. The molecule has 0 aliphatic rings. The Balaban J connectivity index is 1.88. The SMILES string of the molecule is CCCC(CCO)CNCc1ccc2ncccc2c1. The molecule has 0 spiro atoms. The van der Waals surface area contributed by atoms with Crippen molar-refractivity contribution in [2.45, 2.75) is 32.7 Å². The summed E-state index contributed by atoms with van der Waals surface area (Å²) in [5.74, 6) is 0.576. The Hall–Kier alpha value is -1.45. The van der Waals surface area contributed by atoms with E-state index in [0.717, 1.165) is 25.0 Å². The number of hydrogen-bond acceptors (Lipinski definition) is 3. The third kappa shape index (κ3) is 4.29. The molecule has 0 saturated carbocycles. The lowest BCUT2D eigenvalue weighted by Crippen LogP contribution is -2.23. The van der Waals surface area contributed by atoms with E-state index in [1.807, 2.05) is 12.3 Å². The molecular formula is C17H24N2O. The van der Waals surface area contributed by atoms with Crippen LogP contribution >= 0.6 is 0 Å². The van der Waals surface area contributed by atoms with E-state index in [4.69, 9.17) is 5.11 Å². The molecule has 1 aromatic carbocycles. The maximum absolute atomic E-state index is 9.06. The summed E-state index contributed by atoms with van der Waals surface area (Å²) in [5.41, 5.74) is 2.32. The van der Waals surface area contributed by atoms with Crippen LogP contribution in [-0.4, -0.2) is 23.2 Å². The number of rotatable bonds is 8. The highest BCUT2D eigenvalue weighted by Crippen LogP contribution is 2.14. The van der Waals surface area contributed by atoms with Gasteiger partial charge in [-0.1, -0.05) is 25.5 Å². The highest BCUT2D eigenvalue weighted by molar-refractivity contribution is 5.78. The Morgan fingerprint density at radius 3 is 2.95 bits per heavy atom. The zero-order valence-corrected chi connectivity index (χ0v) is 12.2. The molecule has 0 radical (unpaired) electrons. The van der Waals surface area contributed by atoms with E-state index in [2.05, 4.69) is 41.5 Å². The Labute approximate surface area is 121 Å². The topological polar surface area (TPSA) is 45.1 Å². The fourth-order valence-corrected chi connectivity index (χ4v) is 2.59. The van der Waals surface area contributed by atoms with E-state index >= 15 is 0 Å². The van der Waals surface area contributed by atoms with Crippen molar-refractivity contribution < 1.29 is 5.11 Å². The van der Waals surface area contributed by atoms with Crippen molar-refractivity contribution in [1.82, 2.24) is 10.3 Å². The van der Waals surface area contributed by atoms with Gasteiger partial charge in [0, 0.05) is 24.7 Å². The number of aromatic nitrogens is 1. The van der Waals surface area contributed by atoms with Gasteiger partial charge >= 0.3 is 0 Å². The van der Waals surface area contributed by atoms with Crippen LogP contribution < -0.4 is 5.32 Å². The molecule has 0 bridgehead atoms. The minimum Gasteiger partial charge on any atom is -0.396 e. The van der Waals surface area contributed by atoms with Crippen LogP contribution in [0.25, 0.3) is 10.9 Å². The van der Waals surface area contributed by atoms with Gasteiger partial charge < -0.3 is 10.4 Å². The summed E-state index contributed by atoms with van der Waals surface area (Å²) in [7, 11) is 0.